The third-order valence-electron chi connectivity index (χ3n) is 5.96. The minimum Gasteiger partial charge on any atom is -0.383 e. The fourth-order valence-corrected chi connectivity index (χ4v) is 5.74. The fraction of sp³-hybridized carbons (Fsp3) is 0.650. The van der Waals surface area contributed by atoms with Crippen molar-refractivity contribution in [3.05, 3.63) is 16.0 Å². The van der Waals surface area contributed by atoms with Crippen molar-refractivity contribution in [3.63, 3.8) is 0 Å². The van der Waals surface area contributed by atoms with E-state index in [0.29, 0.717) is 43.2 Å². The molecule has 1 aromatic heterocycles. The molecule has 0 aromatic carbocycles. The maximum atomic E-state index is 13.0. The van der Waals surface area contributed by atoms with Crippen LogP contribution in [0.2, 0.25) is 0 Å². The molecular weight excluding hydrogens is 428 g/mol. The van der Waals surface area contributed by atoms with Crippen LogP contribution in [0.15, 0.2) is 0 Å². The molecular formula is C20H29ClN4O4S. The van der Waals surface area contributed by atoms with Crippen LogP contribution in [0.5, 0.6) is 0 Å². The number of methoxy groups -OCH3 is 1. The summed E-state index contributed by atoms with van der Waals surface area (Å²) in [6.45, 7) is 2.89. The molecule has 4 rings (SSSR count). The van der Waals surface area contributed by atoms with Crippen LogP contribution in [-0.4, -0.2) is 80.5 Å². The zero-order valence-corrected chi connectivity index (χ0v) is 19.1. The van der Waals surface area contributed by atoms with Crippen LogP contribution in [0, 0.1) is 0 Å². The summed E-state index contributed by atoms with van der Waals surface area (Å²) in [5.41, 5.74) is 1.64. The first-order chi connectivity index (χ1) is 14.0. The second-order valence-electron chi connectivity index (χ2n) is 7.90. The molecule has 0 spiro atoms. The van der Waals surface area contributed by atoms with Crippen LogP contribution in [0.3, 0.4) is 0 Å². The Bertz CT molecular complexity index is 824. The van der Waals surface area contributed by atoms with Crippen LogP contribution < -0.4 is 10.2 Å². The summed E-state index contributed by atoms with van der Waals surface area (Å²) in [4.78, 5) is 44.8. The van der Waals surface area contributed by atoms with Crippen LogP contribution in [0.1, 0.15) is 40.1 Å². The smallest absolute Gasteiger partial charge is 0.257 e. The highest BCUT2D eigenvalue weighted by Gasteiger charge is 2.38. The number of anilines is 1. The lowest BCUT2D eigenvalue weighted by molar-refractivity contribution is -0.134. The van der Waals surface area contributed by atoms with Crippen LogP contribution in [0.25, 0.3) is 0 Å². The average molecular weight is 457 g/mol. The van der Waals surface area contributed by atoms with Crippen molar-refractivity contribution in [3.8, 4) is 0 Å². The normalized spacial score (nSPS) is 21.7. The summed E-state index contributed by atoms with van der Waals surface area (Å²) in [6.07, 6.45) is 3.72. The summed E-state index contributed by atoms with van der Waals surface area (Å²) < 4.78 is 5.17. The first-order valence-corrected chi connectivity index (χ1v) is 11.0. The molecule has 3 aliphatic heterocycles. The Morgan fingerprint density at radius 2 is 2.07 bits per heavy atom. The van der Waals surface area contributed by atoms with E-state index in [-0.39, 0.29) is 42.7 Å². The molecule has 8 nitrogen and oxygen atoms in total. The molecule has 0 unspecified atom stereocenters. The van der Waals surface area contributed by atoms with Gasteiger partial charge in [-0.15, -0.1) is 23.7 Å². The Morgan fingerprint density at radius 3 is 2.77 bits per heavy atom. The summed E-state index contributed by atoms with van der Waals surface area (Å²) in [7, 11) is 3.27. The van der Waals surface area contributed by atoms with Gasteiger partial charge in [0.1, 0.15) is 11.5 Å². The predicted octanol–water partition coefficient (Wildman–Crippen LogP) is 1.26. The van der Waals surface area contributed by atoms with Crippen molar-refractivity contribution in [1.82, 2.24) is 15.1 Å². The van der Waals surface area contributed by atoms with E-state index in [1.54, 1.807) is 19.1 Å². The molecule has 0 saturated carbocycles. The van der Waals surface area contributed by atoms with Gasteiger partial charge in [0.05, 0.1) is 31.3 Å². The number of piperidine rings is 1. The molecule has 3 amide bonds. The van der Waals surface area contributed by atoms with E-state index in [1.807, 2.05) is 4.90 Å². The minimum absolute atomic E-state index is 0. The first kappa shape index (κ1) is 23.0. The topological polar surface area (TPSA) is 82.2 Å². The predicted molar refractivity (Wildman–Crippen MR) is 118 cm³/mol. The monoisotopic (exact) mass is 456 g/mol. The number of nitrogens with zero attached hydrogens (tertiary/aromatic N) is 3. The van der Waals surface area contributed by atoms with E-state index >= 15 is 0 Å². The number of hydrogen-bond donors (Lipinski definition) is 1. The number of hydrogen-bond acceptors (Lipinski definition) is 6. The van der Waals surface area contributed by atoms with Gasteiger partial charge in [-0.2, -0.15) is 0 Å². The van der Waals surface area contributed by atoms with Gasteiger partial charge in [0, 0.05) is 25.6 Å². The maximum Gasteiger partial charge on any atom is 0.257 e. The van der Waals surface area contributed by atoms with Gasteiger partial charge in [-0.1, -0.05) is 6.42 Å². The Labute approximate surface area is 186 Å². The van der Waals surface area contributed by atoms with Gasteiger partial charge in [-0.05, 0) is 31.4 Å². The molecule has 0 aliphatic carbocycles. The van der Waals surface area contributed by atoms with Gasteiger partial charge in [0.2, 0.25) is 11.8 Å². The van der Waals surface area contributed by atoms with Gasteiger partial charge in [-0.25, -0.2) is 0 Å². The quantitative estimate of drug-likeness (QED) is 0.737. The van der Waals surface area contributed by atoms with Crippen LogP contribution in [0.4, 0.5) is 5.00 Å². The van der Waals surface area contributed by atoms with E-state index < -0.39 is 0 Å². The molecule has 1 N–H and O–H groups in total. The summed E-state index contributed by atoms with van der Waals surface area (Å²) in [5, 5.41) is 4.04. The van der Waals surface area contributed by atoms with E-state index in [2.05, 4.69) is 5.32 Å². The summed E-state index contributed by atoms with van der Waals surface area (Å²) >= 11 is 1.47. The Balaban J connectivity index is 0.00000256. The molecule has 0 radical (unpaired) electrons. The Hall–Kier alpha value is -1.68. The van der Waals surface area contributed by atoms with Gasteiger partial charge in [0.15, 0.2) is 0 Å². The number of amides is 3. The first-order valence-electron chi connectivity index (χ1n) is 10.2. The Morgan fingerprint density at radius 1 is 1.27 bits per heavy atom. The van der Waals surface area contributed by atoms with Crippen molar-refractivity contribution in [1.29, 1.82) is 0 Å². The van der Waals surface area contributed by atoms with Crippen molar-refractivity contribution in [2.75, 3.05) is 51.8 Å². The lowest BCUT2D eigenvalue weighted by atomic mass is 9.99. The molecule has 10 heteroatoms. The second-order valence-corrected chi connectivity index (χ2v) is 8.98. The largest absolute Gasteiger partial charge is 0.383 e. The van der Waals surface area contributed by atoms with E-state index in [1.165, 1.54) is 16.2 Å². The van der Waals surface area contributed by atoms with E-state index in [0.717, 1.165) is 36.2 Å². The molecule has 1 saturated heterocycles. The number of halogens is 1. The number of carbonyl (C=O) groups excluding carboxylic acids is 3. The molecule has 4 heterocycles. The lowest BCUT2D eigenvalue weighted by Crippen LogP contribution is -2.49. The summed E-state index contributed by atoms with van der Waals surface area (Å²) in [5.74, 6) is -0.0659. The van der Waals surface area contributed by atoms with Gasteiger partial charge in [-0.3, -0.25) is 19.3 Å². The average Bonchev–Trinajstić information content (AvgIpc) is 3.08. The SMILES string of the molecule is COCCN1C(=O)CN(C)C(=O)c2c1sc1c2CCN(C(=O)[C@@H]2CCCCN2)C1.Cl. The van der Waals surface area contributed by atoms with Crippen molar-refractivity contribution >= 4 is 46.5 Å². The molecule has 1 aromatic rings. The molecule has 1 fully saturated rings. The van der Waals surface area contributed by atoms with Gasteiger partial charge in [0.25, 0.3) is 5.91 Å². The minimum atomic E-state index is -0.112. The van der Waals surface area contributed by atoms with Crippen molar-refractivity contribution in [2.45, 2.75) is 38.3 Å². The standard InChI is InChI=1S/C20H28N4O4S.ClH/c1-22-12-16(25)24(9-10-28-2)20-17(19(22)27)13-6-8-23(11-15(13)29-20)18(26)14-5-3-4-7-21-14;/h14,21H,3-12H2,1-2H3;1H/t14-;/m0./s1. The van der Waals surface area contributed by atoms with E-state index in [4.69, 9.17) is 4.74 Å². The number of rotatable bonds is 4. The number of ether oxygens (including phenoxy) is 1. The zero-order valence-electron chi connectivity index (χ0n) is 17.4. The third kappa shape index (κ3) is 4.21. The molecule has 3 aliphatic rings. The highest BCUT2D eigenvalue weighted by molar-refractivity contribution is 7.17. The molecule has 1 atom stereocenters. The van der Waals surface area contributed by atoms with Gasteiger partial charge < -0.3 is 19.9 Å². The third-order valence-corrected chi connectivity index (χ3v) is 7.20. The van der Waals surface area contributed by atoms with E-state index in [9.17, 15) is 14.4 Å². The maximum absolute atomic E-state index is 13.0. The number of fused-ring (bicyclic) bond motifs is 3. The number of thiophene rings is 1. The number of nitrogens with one attached hydrogen (secondary N) is 1. The highest BCUT2D eigenvalue weighted by atomic mass is 35.5. The molecule has 0 bridgehead atoms. The summed E-state index contributed by atoms with van der Waals surface area (Å²) in [6, 6.07) is -0.101. The zero-order chi connectivity index (χ0) is 20.5. The molecule has 30 heavy (non-hydrogen) atoms. The number of likely N-dealkylation sites (N-methyl/N-ethyl adjacent to an activating group) is 1. The molecule has 166 valence electrons. The van der Waals surface area contributed by atoms with Gasteiger partial charge >= 0.3 is 0 Å². The highest BCUT2D eigenvalue weighted by Crippen LogP contribution is 2.41. The van der Waals surface area contributed by atoms with Crippen molar-refractivity contribution < 1.29 is 19.1 Å². The second kappa shape index (κ2) is 9.64. The van der Waals surface area contributed by atoms with Crippen LogP contribution in [-0.2, 0) is 27.3 Å². The number of carbonyl (C=O) groups is 3. The fourth-order valence-electron chi connectivity index (χ4n) is 4.34. The lowest BCUT2D eigenvalue weighted by Gasteiger charge is -2.32. The van der Waals surface area contributed by atoms with Crippen molar-refractivity contribution in [2.24, 2.45) is 0 Å². The van der Waals surface area contributed by atoms with Crippen LogP contribution >= 0.6 is 23.7 Å². The Kier molecular flexibility index (Phi) is 7.38.